The van der Waals surface area contributed by atoms with Crippen LogP contribution < -0.4 is 16.4 Å². The molecule has 2 amide bonds. The Morgan fingerprint density at radius 1 is 1.47 bits per heavy atom. The van der Waals surface area contributed by atoms with E-state index in [-0.39, 0.29) is 12.1 Å². The van der Waals surface area contributed by atoms with Crippen LogP contribution >= 0.6 is 11.6 Å². The predicted molar refractivity (Wildman–Crippen MR) is 62.1 cm³/mol. The van der Waals surface area contributed by atoms with Crippen LogP contribution in [0.1, 0.15) is 6.92 Å². The third-order valence-electron chi connectivity index (χ3n) is 1.69. The topological polar surface area (TPSA) is 67.1 Å². The number of anilines is 1. The fraction of sp³-hybridized carbons (Fsp3) is 0.300. The molecule has 4 nitrogen and oxygen atoms in total. The number of nitrogens with one attached hydrogen (secondary N) is 2. The summed E-state index contributed by atoms with van der Waals surface area (Å²) in [6.07, 6.45) is 0. The van der Waals surface area contributed by atoms with Crippen molar-refractivity contribution in [2.45, 2.75) is 13.0 Å². The van der Waals surface area contributed by atoms with E-state index in [4.69, 9.17) is 17.3 Å². The van der Waals surface area contributed by atoms with Gasteiger partial charge in [-0.1, -0.05) is 11.6 Å². The molecule has 4 N–H and O–H groups in total. The van der Waals surface area contributed by atoms with E-state index in [1.54, 1.807) is 24.3 Å². The molecule has 1 unspecified atom stereocenters. The monoisotopic (exact) mass is 227 g/mol. The minimum Gasteiger partial charge on any atom is -0.336 e. The van der Waals surface area contributed by atoms with E-state index in [1.807, 2.05) is 6.92 Å². The molecule has 0 aliphatic carbocycles. The number of hydrogen-bond acceptors (Lipinski definition) is 2. The lowest BCUT2D eigenvalue weighted by molar-refractivity contribution is 0.251. The number of benzene rings is 1. The highest BCUT2D eigenvalue weighted by molar-refractivity contribution is 6.30. The molecule has 1 rings (SSSR count). The predicted octanol–water partition coefficient (Wildman–Crippen LogP) is 1.81. The second-order valence-electron chi connectivity index (χ2n) is 3.32. The molecule has 0 aromatic heterocycles. The first-order chi connectivity index (χ1) is 7.08. The summed E-state index contributed by atoms with van der Waals surface area (Å²) in [4.78, 5) is 11.3. The van der Waals surface area contributed by atoms with Crippen LogP contribution in [-0.4, -0.2) is 18.6 Å². The Labute approximate surface area is 93.8 Å². The first-order valence-corrected chi connectivity index (χ1v) is 5.01. The average Bonchev–Trinajstić information content (AvgIpc) is 2.19. The molecule has 1 atom stereocenters. The Balaban J connectivity index is 2.41. The highest BCUT2D eigenvalue weighted by atomic mass is 35.5. The Bertz CT molecular complexity index is 324. The van der Waals surface area contributed by atoms with Crippen molar-refractivity contribution >= 4 is 23.3 Å². The van der Waals surface area contributed by atoms with E-state index in [2.05, 4.69) is 10.6 Å². The second kappa shape index (κ2) is 5.58. The Kier molecular flexibility index (Phi) is 4.39. The van der Waals surface area contributed by atoms with Crippen molar-refractivity contribution in [1.82, 2.24) is 5.32 Å². The van der Waals surface area contributed by atoms with Crippen molar-refractivity contribution in [1.29, 1.82) is 0 Å². The third-order valence-corrected chi connectivity index (χ3v) is 1.94. The van der Waals surface area contributed by atoms with Crippen molar-refractivity contribution < 1.29 is 4.79 Å². The van der Waals surface area contributed by atoms with E-state index in [0.29, 0.717) is 17.3 Å². The van der Waals surface area contributed by atoms with E-state index in [0.717, 1.165) is 0 Å². The Hall–Kier alpha value is -1.26. The molecule has 1 aromatic rings. The fourth-order valence-corrected chi connectivity index (χ4v) is 1.09. The fourth-order valence-electron chi connectivity index (χ4n) is 0.962. The van der Waals surface area contributed by atoms with Gasteiger partial charge in [-0.25, -0.2) is 4.79 Å². The van der Waals surface area contributed by atoms with Gasteiger partial charge in [0.2, 0.25) is 0 Å². The van der Waals surface area contributed by atoms with Crippen LogP contribution in [0.5, 0.6) is 0 Å². The van der Waals surface area contributed by atoms with Gasteiger partial charge in [-0.3, -0.25) is 0 Å². The molecule has 0 bridgehead atoms. The molecule has 0 saturated heterocycles. The number of halogens is 1. The lowest BCUT2D eigenvalue weighted by atomic mass is 10.3. The number of hydrogen-bond donors (Lipinski definition) is 3. The molecule has 0 saturated carbocycles. The molecule has 0 fully saturated rings. The molecule has 5 heteroatoms. The maximum Gasteiger partial charge on any atom is 0.319 e. The van der Waals surface area contributed by atoms with Gasteiger partial charge in [0.15, 0.2) is 0 Å². The van der Waals surface area contributed by atoms with Gasteiger partial charge in [0.25, 0.3) is 0 Å². The van der Waals surface area contributed by atoms with Gasteiger partial charge >= 0.3 is 6.03 Å². The number of carbonyl (C=O) groups excluding carboxylic acids is 1. The summed E-state index contributed by atoms with van der Waals surface area (Å²) in [6, 6.07) is 6.56. The van der Waals surface area contributed by atoms with Gasteiger partial charge in [0.05, 0.1) is 0 Å². The number of urea groups is 1. The Morgan fingerprint density at radius 3 is 2.60 bits per heavy atom. The molecular weight excluding hydrogens is 214 g/mol. The zero-order chi connectivity index (χ0) is 11.3. The largest absolute Gasteiger partial charge is 0.336 e. The summed E-state index contributed by atoms with van der Waals surface area (Å²) in [5.41, 5.74) is 6.19. The summed E-state index contributed by atoms with van der Waals surface area (Å²) in [5.74, 6) is 0. The van der Waals surface area contributed by atoms with Crippen LogP contribution in [0.4, 0.5) is 10.5 Å². The number of carbonyl (C=O) groups is 1. The summed E-state index contributed by atoms with van der Waals surface area (Å²) in [7, 11) is 0. The highest BCUT2D eigenvalue weighted by Gasteiger charge is 2.01. The molecular formula is C10H14ClN3O. The third kappa shape index (κ3) is 4.67. The van der Waals surface area contributed by atoms with Gasteiger partial charge in [-0.05, 0) is 31.2 Å². The van der Waals surface area contributed by atoms with Crippen LogP contribution in [0.15, 0.2) is 24.3 Å². The SMILES string of the molecule is CC(N)CNC(=O)Nc1ccc(Cl)cc1. The lowest BCUT2D eigenvalue weighted by Gasteiger charge is -2.09. The lowest BCUT2D eigenvalue weighted by Crippen LogP contribution is -2.37. The summed E-state index contributed by atoms with van der Waals surface area (Å²) in [6.45, 7) is 2.27. The number of rotatable bonds is 3. The summed E-state index contributed by atoms with van der Waals surface area (Å²) >= 11 is 5.71. The zero-order valence-electron chi connectivity index (χ0n) is 8.46. The summed E-state index contributed by atoms with van der Waals surface area (Å²) < 4.78 is 0. The van der Waals surface area contributed by atoms with Crippen molar-refractivity contribution in [2.75, 3.05) is 11.9 Å². The average molecular weight is 228 g/mol. The molecule has 82 valence electrons. The normalized spacial score (nSPS) is 11.9. The van der Waals surface area contributed by atoms with Crippen molar-refractivity contribution in [3.63, 3.8) is 0 Å². The van der Waals surface area contributed by atoms with E-state index >= 15 is 0 Å². The van der Waals surface area contributed by atoms with Crippen LogP contribution in [0.2, 0.25) is 5.02 Å². The minimum absolute atomic E-state index is 0.0547. The standard InChI is InChI=1S/C10H14ClN3O/c1-7(12)6-13-10(15)14-9-4-2-8(11)3-5-9/h2-5,7H,6,12H2,1H3,(H2,13,14,15). The first kappa shape index (κ1) is 11.8. The van der Waals surface area contributed by atoms with E-state index < -0.39 is 0 Å². The van der Waals surface area contributed by atoms with Gasteiger partial charge in [-0.15, -0.1) is 0 Å². The van der Waals surface area contributed by atoms with Crippen LogP contribution in [-0.2, 0) is 0 Å². The van der Waals surface area contributed by atoms with Crippen LogP contribution in [0, 0.1) is 0 Å². The van der Waals surface area contributed by atoms with Crippen LogP contribution in [0.25, 0.3) is 0 Å². The highest BCUT2D eigenvalue weighted by Crippen LogP contribution is 2.12. The van der Waals surface area contributed by atoms with Crippen molar-refractivity contribution in [2.24, 2.45) is 5.73 Å². The molecule has 0 spiro atoms. The molecule has 0 aliphatic heterocycles. The van der Waals surface area contributed by atoms with Gasteiger partial charge in [0.1, 0.15) is 0 Å². The molecule has 0 radical (unpaired) electrons. The van der Waals surface area contributed by atoms with E-state index in [9.17, 15) is 4.79 Å². The molecule has 0 aliphatic rings. The number of amides is 2. The maximum atomic E-state index is 11.3. The van der Waals surface area contributed by atoms with Crippen LogP contribution in [0.3, 0.4) is 0 Å². The number of nitrogens with two attached hydrogens (primary N) is 1. The Morgan fingerprint density at radius 2 is 2.07 bits per heavy atom. The first-order valence-electron chi connectivity index (χ1n) is 4.64. The molecule has 15 heavy (non-hydrogen) atoms. The quantitative estimate of drug-likeness (QED) is 0.737. The molecule has 1 aromatic carbocycles. The summed E-state index contributed by atoms with van der Waals surface area (Å²) in [5, 5.41) is 5.93. The van der Waals surface area contributed by atoms with Gasteiger partial charge in [-0.2, -0.15) is 0 Å². The smallest absolute Gasteiger partial charge is 0.319 e. The second-order valence-corrected chi connectivity index (χ2v) is 3.76. The van der Waals surface area contributed by atoms with E-state index in [1.165, 1.54) is 0 Å². The van der Waals surface area contributed by atoms with Gasteiger partial charge < -0.3 is 16.4 Å². The zero-order valence-corrected chi connectivity index (χ0v) is 9.21. The van der Waals surface area contributed by atoms with Crippen molar-refractivity contribution in [3.05, 3.63) is 29.3 Å². The maximum absolute atomic E-state index is 11.3. The minimum atomic E-state index is -0.269. The van der Waals surface area contributed by atoms with Gasteiger partial charge in [0, 0.05) is 23.3 Å². The van der Waals surface area contributed by atoms with Crippen molar-refractivity contribution in [3.8, 4) is 0 Å². The molecule has 0 heterocycles.